The van der Waals surface area contributed by atoms with Crippen LogP contribution in [0, 0.1) is 0 Å². The number of benzene rings is 3. The molecule has 0 saturated carbocycles. The zero-order chi connectivity index (χ0) is 16.7. The number of fused-ring (bicyclic) bond motifs is 5. The summed E-state index contributed by atoms with van der Waals surface area (Å²) in [5, 5.41) is 4.83. The first-order valence-corrected chi connectivity index (χ1v) is 8.12. The average molecular weight is 354 g/mol. The van der Waals surface area contributed by atoms with E-state index in [-0.39, 0.29) is 24.9 Å². The van der Waals surface area contributed by atoms with Crippen LogP contribution in [-0.2, 0) is 11.2 Å². The second-order valence-corrected chi connectivity index (χ2v) is 6.50. The summed E-state index contributed by atoms with van der Waals surface area (Å²) in [6.07, 6.45) is 5.40. The van der Waals surface area contributed by atoms with Gasteiger partial charge in [0.25, 0.3) is 0 Å². The lowest BCUT2D eigenvalue weighted by atomic mass is 9.96. The van der Waals surface area contributed by atoms with Crippen molar-refractivity contribution in [3.63, 3.8) is 0 Å². The van der Waals surface area contributed by atoms with Gasteiger partial charge in [-0.1, -0.05) is 42.5 Å². The lowest BCUT2D eigenvalue weighted by Gasteiger charge is -2.11. The summed E-state index contributed by atoms with van der Waals surface area (Å²) < 4.78 is 5.43. The van der Waals surface area contributed by atoms with Crippen LogP contribution in [0.3, 0.4) is 0 Å². The van der Waals surface area contributed by atoms with Crippen LogP contribution < -0.4 is 4.74 Å². The number of allylic oxidation sites excluding steroid dienone is 1. The van der Waals surface area contributed by atoms with E-state index in [4.69, 9.17) is 4.74 Å². The van der Waals surface area contributed by atoms with Gasteiger partial charge in [0.05, 0.1) is 6.54 Å². The van der Waals surface area contributed by atoms with Gasteiger partial charge in [-0.15, -0.1) is 12.4 Å². The number of nitrogens with zero attached hydrogens (tertiary/aromatic N) is 1. The van der Waals surface area contributed by atoms with E-state index in [2.05, 4.69) is 36.4 Å². The van der Waals surface area contributed by atoms with E-state index < -0.39 is 0 Å². The van der Waals surface area contributed by atoms with E-state index in [9.17, 15) is 4.79 Å². The van der Waals surface area contributed by atoms with E-state index in [0.29, 0.717) is 5.75 Å². The minimum atomic E-state index is -0.246. The number of ether oxygens (including phenoxy) is 1. The maximum Gasteiger partial charge on any atom is 0.325 e. The number of halogens is 1. The van der Waals surface area contributed by atoms with Gasteiger partial charge in [0, 0.05) is 0 Å². The molecule has 4 heteroatoms. The fourth-order valence-electron chi connectivity index (χ4n) is 3.38. The predicted molar refractivity (Wildman–Crippen MR) is 106 cm³/mol. The molecule has 0 spiro atoms. The molecule has 0 heterocycles. The smallest absolute Gasteiger partial charge is 0.325 e. The Kier molecular flexibility index (Phi) is 4.80. The predicted octanol–water partition coefficient (Wildman–Crippen LogP) is 4.45. The Hall–Kier alpha value is -2.36. The number of esters is 1. The van der Waals surface area contributed by atoms with E-state index in [0.717, 1.165) is 11.8 Å². The Morgan fingerprint density at radius 3 is 2.60 bits per heavy atom. The van der Waals surface area contributed by atoms with E-state index in [1.54, 1.807) is 4.90 Å². The highest BCUT2D eigenvalue weighted by atomic mass is 35.5. The summed E-state index contributed by atoms with van der Waals surface area (Å²) in [6.45, 7) is 0.273. The van der Waals surface area contributed by atoms with Crippen LogP contribution >= 0.6 is 12.4 Å². The molecule has 0 aliphatic heterocycles. The van der Waals surface area contributed by atoms with Crippen molar-refractivity contribution < 1.29 is 9.53 Å². The highest BCUT2D eigenvalue weighted by Crippen LogP contribution is 2.34. The number of carbonyl (C=O) groups is 1. The number of hydrogen-bond donors (Lipinski definition) is 0. The summed E-state index contributed by atoms with van der Waals surface area (Å²) in [4.78, 5) is 13.6. The standard InChI is InChI=1S/C21H19NO2.ClH/c1-22(2)13-21(23)24-16-8-11-18-15(12-16)7-10-19-17-5-3-4-14(17)6-9-20(18)19;/h3-4,6-12H,5,13H2,1-2H3;1H. The summed E-state index contributed by atoms with van der Waals surface area (Å²) in [7, 11) is 3.70. The van der Waals surface area contributed by atoms with Gasteiger partial charge in [0.15, 0.2) is 0 Å². The molecule has 0 bridgehead atoms. The quantitative estimate of drug-likeness (QED) is 0.396. The minimum Gasteiger partial charge on any atom is -0.426 e. The molecule has 0 radical (unpaired) electrons. The van der Waals surface area contributed by atoms with Gasteiger partial charge in [-0.05, 0) is 65.3 Å². The van der Waals surface area contributed by atoms with Crippen molar-refractivity contribution >= 4 is 46.0 Å². The van der Waals surface area contributed by atoms with Crippen LogP contribution in [0.1, 0.15) is 11.1 Å². The lowest BCUT2D eigenvalue weighted by molar-refractivity contribution is -0.135. The molecule has 0 unspecified atom stereocenters. The molecule has 0 N–H and O–H groups in total. The van der Waals surface area contributed by atoms with Crippen LogP contribution in [-0.4, -0.2) is 31.5 Å². The van der Waals surface area contributed by atoms with E-state index in [1.165, 1.54) is 27.3 Å². The van der Waals surface area contributed by atoms with Crippen LogP contribution in [0.4, 0.5) is 0 Å². The molecule has 0 saturated heterocycles. The highest BCUT2D eigenvalue weighted by molar-refractivity contribution is 6.09. The third-order valence-electron chi connectivity index (χ3n) is 4.43. The minimum absolute atomic E-state index is 0. The number of rotatable bonds is 3. The van der Waals surface area contributed by atoms with Gasteiger partial charge >= 0.3 is 5.97 Å². The Labute approximate surface area is 153 Å². The maximum atomic E-state index is 11.8. The molecule has 4 rings (SSSR count). The lowest BCUT2D eigenvalue weighted by Crippen LogP contribution is -2.25. The Morgan fingerprint density at radius 1 is 1.04 bits per heavy atom. The molecule has 0 atom stereocenters. The van der Waals surface area contributed by atoms with Gasteiger partial charge in [-0.3, -0.25) is 9.69 Å². The molecule has 3 nitrogen and oxygen atoms in total. The second-order valence-electron chi connectivity index (χ2n) is 6.50. The molecule has 25 heavy (non-hydrogen) atoms. The highest BCUT2D eigenvalue weighted by Gasteiger charge is 2.12. The summed E-state index contributed by atoms with van der Waals surface area (Å²) in [5.41, 5.74) is 2.71. The summed E-state index contributed by atoms with van der Waals surface area (Å²) >= 11 is 0. The van der Waals surface area contributed by atoms with Gasteiger partial charge in [0.2, 0.25) is 0 Å². The van der Waals surface area contributed by atoms with Crippen LogP contribution in [0.15, 0.2) is 48.5 Å². The van der Waals surface area contributed by atoms with Crippen LogP contribution in [0.25, 0.3) is 27.6 Å². The monoisotopic (exact) mass is 353 g/mol. The van der Waals surface area contributed by atoms with E-state index >= 15 is 0 Å². The van der Waals surface area contributed by atoms with Crippen LogP contribution in [0.5, 0.6) is 5.75 Å². The third-order valence-corrected chi connectivity index (χ3v) is 4.43. The van der Waals surface area contributed by atoms with Crippen molar-refractivity contribution in [3.8, 4) is 5.75 Å². The first kappa shape index (κ1) is 17.5. The first-order chi connectivity index (χ1) is 11.6. The van der Waals surface area contributed by atoms with Crippen molar-refractivity contribution in [1.82, 2.24) is 4.90 Å². The zero-order valence-corrected chi connectivity index (χ0v) is 15.1. The number of likely N-dealkylation sites (N-methyl/N-ethyl adjacent to an activating group) is 1. The third kappa shape index (κ3) is 3.26. The molecular weight excluding hydrogens is 334 g/mol. The zero-order valence-electron chi connectivity index (χ0n) is 14.3. The van der Waals surface area contributed by atoms with Crippen LogP contribution in [0.2, 0.25) is 0 Å². The van der Waals surface area contributed by atoms with Crippen molar-refractivity contribution in [2.45, 2.75) is 6.42 Å². The molecule has 1 aliphatic carbocycles. The van der Waals surface area contributed by atoms with Crippen molar-refractivity contribution in [2.24, 2.45) is 0 Å². The largest absolute Gasteiger partial charge is 0.426 e. The fraction of sp³-hybridized carbons (Fsp3) is 0.190. The molecule has 3 aromatic rings. The molecule has 3 aromatic carbocycles. The van der Waals surface area contributed by atoms with Gasteiger partial charge in [-0.25, -0.2) is 0 Å². The second kappa shape index (κ2) is 6.87. The summed E-state index contributed by atoms with van der Waals surface area (Å²) in [5.74, 6) is 0.348. The van der Waals surface area contributed by atoms with Gasteiger partial charge in [-0.2, -0.15) is 0 Å². The fourth-order valence-corrected chi connectivity index (χ4v) is 3.38. The Bertz CT molecular complexity index is 992. The van der Waals surface area contributed by atoms with E-state index in [1.807, 2.05) is 32.3 Å². The normalized spacial score (nSPS) is 12.4. The summed E-state index contributed by atoms with van der Waals surface area (Å²) in [6, 6.07) is 14.5. The van der Waals surface area contributed by atoms with Crippen molar-refractivity contribution in [1.29, 1.82) is 0 Å². The first-order valence-electron chi connectivity index (χ1n) is 8.12. The average Bonchev–Trinajstić information content (AvgIpc) is 3.02. The number of hydrogen-bond acceptors (Lipinski definition) is 3. The molecule has 1 aliphatic rings. The van der Waals surface area contributed by atoms with Gasteiger partial charge < -0.3 is 4.74 Å². The SMILES string of the molecule is CN(C)CC(=O)Oc1ccc2c(ccc3c4c(ccc32)C=CC4)c1.Cl. The molecule has 0 fully saturated rings. The van der Waals surface area contributed by atoms with Gasteiger partial charge in [0.1, 0.15) is 5.75 Å². The molecule has 0 aromatic heterocycles. The molecular formula is C21H20ClNO2. The Morgan fingerprint density at radius 2 is 1.80 bits per heavy atom. The number of carbonyl (C=O) groups excluding carboxylic acids is 1. The molecule has 128 valence electrons. The molecule has 0 amide bonds. The maximum absolute atomic E-state index is 11.8. The Balaban J connectivity index is 0.00000182. The van der Waals surface area contributed by atoms with Crippen molar-refractivity contribution in [2.75, 3.05) is 20.6 Å². The topological polar surface area (TPSA) is 29.5 Å². The van der Waals surface area contributed by atoms with Crippen molar-refractivity contribution in [3.05, 3.63) is 59.7 Å².